The number of benzene rings is 2. The van der Waals surface area contributed by atoms with E-state index in [1.807, 2.05) is 18.0 Å². The van der Waals surface area contributed by atoms with Gasteiger partial charge in [-0.25, -0.2) is 4.39 Å². The summed E-state index contributed by atoms with van der Waals surface area (Å²) in [5, 5.41) is 8.74. The van der Waals surface area contributed by atoms with Gasteiger partial charge in [0.25, 0.3) is 0 Å². The molecule has 9 heteroatoms. The number of likely N-dealkylation sites (N-methyl/N-ethyl adjacent to an activating group) is 1. The lowest BCUT2D eigenvalue weighted by Crippen LogP contribution is -2.23. The third kappa shape index (κ3) is 6.35. The Balaban J connectivity index is 2.12. The van der Waals surface area contributed by atoms with Gasteiger partial charge >= 0.3 is 6.18 Å². The van der Waals surface area contributed by atoms with Gasteiger partial charge in [0, 0.05) is 18.1 Å². The van der Waals surface area contributed by atoms with Crippen LogP contribution in [0.15, 0.2) is 40.9 Å². The third-order valence-electron chi connectivity index (χ3n) is 3.87. The van der Waals surface area contributed by atoms with Gasteiger partial charge in [-0.15, -0.1) is 0 Å². The third-order valence-corrected chi connectivity index (χ3v) is 4.36. The van der Waals surface area contributed by atoms with Crippen molar-refractivity contribution in [2.24, 2.45) is 0 Å². The Morgan fingerprint density at radius 3 is 2.54 bits per heavy atom. The number of alkyl halides is 3. The standard InChI is InChI=1S/C19H20BrF4NO3/c1-25(6-8-27-9-7-26)17-11-14(20)3-5-18(17)28-12-13-2-4-16(21)15(10-13)19(22,23)24/h2-5,10-11,26H,6-9,12H2,1H3. The summed E-state index contributed by atoms with van der Waals surface area (Å²) in [6.45, 7) is 0.929. The average Bonchev–Trinajstić information content (AvgIpc) is 2.64. The summed E-state index contributed by atoms with van der Waals surface area (Å²) in [6.07, 6.45) is -4.77. The number of anilines is 1. The highest BCUT2D eigenvalue weighted by atomic mass is 79.9. The Morgan fingerprint density at radius 2 is 1.86 bits per heavy atom. The first-order valence-corrected chi connectivity index (χ1v) is 9.19. The second-order valence-corrected chi connectivity index (χ2v) is 6.89. The Labute approximate surface area is 168 Å². The minimum absolute atomic E-state index is 0.0630. The second kappa shape index (κ2) is 10.1. The minimum atomic E-state index is -4.77. The van der Waals surface area contributed by atoms with E-state index in [1.54, 1.807) is 12.1 Å². The van der Waals surface area contributed by atoms with E-state index >= 15 is 0 Å². The van der Waals surface area contributed by atoms with Crippen LogP contribution in [-0.4, -0.2) is 38.5 Å². The van der Waals surface area contributed by atoms with Crippen LogP contribution in [0.25, 0.3) is 0 Å². The van der Waals surface area contributed by atoms with Crippen molar-refractivity contribution in [2.45, 2.75) is 12.8 Å². The topological polar surface area (TPSA) is 41.9 Å². The van der Waals surface area contributed by atoms with Crippen LogP contribution in [0, 0.1) is 5.82 Å². The summed E-state index contributed by atoms with van der Waals surface area (Å²) in [5.74, 6) is -0.853. The molecule has 2 rings (SSSR count). The maximum Gasteiger partial charge on any atom is 0.419 e. The van der Waals surface area contributed by atoms with Gasteiger partial charge in [0.1, 0.15) is 18.2 Å². The van der Waals surface area contributed by atoms with E-state index in [2.05, 4.69) is 15.9 Å². The van der Waals surface area contributed by atoms with Crippen LogP contribution in [0.4, 0.5) is 23.2 Å². The van der Waals surface area contributed by atoms with Crippen molar-refractivity contribution < 1.29 is 32.1 Å². The predicted octanol–water partition coefficient (Wildman–Crippen LogP) is 4.63. The van der Waals surface area contributed by atoms with Crippen LogP contribution < -0.4 is 9.64 Å². The number of aliphatic hydroxyl groups is 1. The molecule has 4 nitrogen and oxygen atoms in total. The molecular formula is C19H20BrF4NO3. The van der Waals surface area contributed by atoms with Crippen molar-refractivity contribution in [3.05, 3.63) is 57.8 Å². The number of hydrogen-bond acceptors (Lipinski definition) is 4. The van der Waals surface area contributed by atoms with E-state index in [0.717, 1.165) is 16.6 Å². The van der Waals surface area contributed by atoms with E-state index in [4.69, 9.17) is 14.6 Å². The van der Waals surface area contributed by atoms with E-state index in [-0.39, 0.29) is 25.4 Å². The molecule has 0 fully saturated rings. The number of halogens is 5. The van der Waals surface area contributed by atoms with Crippen LogP contribution in [-0.2, 0) is 17.5 Å². The van der Waals surface area contributed by atoms with E-state index in [9.17, 15) is 17.6 Å². The normalized spacial score (nSPS) is 11.5. The molecule has 1 N–H and O–H groups in total. The smallest absolute Gasteiger partial charge is 0.419 e. The van der Waals surface area contributed by atoms with Gasteiger partial charge in [-0.05, 0) is 35.9 Å². The zero-order valence-corrected chi connectivity index (χ0v) is 16.7. The predicted molar refractivity (Wildman–Crippen MR) is 101 cm³/mol. The molecule has 2 aromatic rings. The Morgan fingerprint density at radius 1 is 1.11 bits per heavy atom. The molecule has 154 valence electrons. The summed E-state index contributed by atoms with van der Waals surface area (Å²) in [4.78, 5) is 1.86. The minimum Gasteiger partial charge on any atom is -0.487 e. The van der Waals surface area contributed by atoms with Crippen molar-refractivity contribution in [3.63, 3.8) is 0 Å². The molecule has 0 saturated heterocycles. The fourth-order valence-electron chi connectivity index (χ4n) is 2.44. The average molecular weight is 466 g/mol. The summed E-state index contributed by atoms with van der Waals surface area (Å²) in [5.41, 5.74) is -0.403. The van der Waals surface area contributed by atoms with Gasteiger partial charge in [0.2, 0.25) is 0 Å². The monoisotopic (exact) mass is 465 g/mol. The van der Waals surface area contributed by atoms with Gasteiger partial charge in [-0.3, -0.25) is 0 Å². The molecule has 0 heterocycles. The van der Waals surface area contributed by atoms with Gasteiger partial charge < -0.3 is 19.5 Å². The SMILES string of the molecule is CN(CCOCCO)c1cc(Br)ccc1OCc1ccc(F)c(C(F)(F)F)c1. The Bertz CT molecular complexity index is 786. The highest BCUT2D eigenvalue weighted by molar-refractivity contribution is 9.10. The van der Waals surface area contributed by atoms with Gasteiger partial charge in [0.15, 0.2) is 0 Å². The first-order valence-electron chi connectivity index (χ1n) is 8.40. The molecule has 0 aromatic heterocycles. The first kappa shape index (κ1) is 22.4. The quantitative estimate of drug-likeness (QED) is 0.433. The summed E-state index contributed by atoms with van der Waals surface area (Å²) in [6, 6.07) is 8.05. The highest BCUT2D eigenvalue weighted by Crippen LogP contribution is 2.34. The first-order chi connectivity index (χ1) is 13.2. The molecule has 0 aliphatic carbocycles. The fraction of sp³-hybridized carbons (Fsp3) is 0.368. The Hall–Kier alpha value is -1.84. The molecule has 0 atom stereocenters. The molecule has 0 spiro atoms. The molecule has 0 aliphatic rings. The van der Waals surface area contributed by atoms with Crippen LogP contribution in [0.5, 0.6) is 5.75 Å². The molecule has 0 bridgehead atoms. The van der Waals surface area contributed by atoms with Crippen molar-refractivity contribution in [2.75, 3.05) is 38.3 Å². The van der Waals surface area contributed by atoms with Crippen molar-refractivity contribution in [1.29, 1.82) is 0 Å². The molecule has 0 amide bonds. The van der Waals surface area contributed by atoms with E-state index < -0.39 is 17.6 Å². The zero-order chi connectivity index (χ0) is 20.7. The maximum absolute atomic E-state index is 13.4. The highest BCUT2D eigenvalue weighted by Gasteiger charge is 2.34. The number of ether oxygens (including phenoxy) is 2. The number of rotatable bonds is 9. The molecular weight excluding hydrogens is 446 g/mol. The largest absolute Gasteiger partial charge is 0.487 e. The number of hydrogen-bond donors (Lipinski definition) is 1. The van der Waals surface area contributed by atoms with Crippen LogP contribution in [0.3, 0.4) is 0 Å². The molecule has 28 heavy (non-hydrogen) atoms. The number of nitrogens with zero attached hydrogens (tertiary/aromatic N) is 1. The molecule has 0 saturated carbocycles. The number of aliphatic hydroxyl groups excluding tert-OH is 1. The summed E-state index contributed by atoms with van der Waals surface area (Å²) < 4.78 is 63.7. The summed E-state index contributed by atoms with van der Waals surface area (Å²) >= 11 is 3.38. The van der Waals surface area contributed by atoms with Crippen molar-refractivity contribution >= 4 is 21.6 Å². The molecule has 0 unspecified atom stereocenters. The molecule has 0 aliphatic heterocycles. The molecule has 2 aromatic carbocycles. The lowest BCUT2D eigenvalue weighted by atomic mass is 10.1. The van der Waals surface area contributed by atoms with Crippen LogP contribution in [0.2, 0.25) is 0 Å². The van der Waals surface area contributed by atoms with Gasteiger partial charge in [0.05, 0.1) is 31.1 Å². The molecule has 0 radical (unpaired) electrons. The van der Waals surface area contributed by atoms with Crippen molar-refractivity contribution in [3.8, 4) is 5.75 Å². The van der Waals surface area contributed by atoms with Crippen LogP contribution >= 0.6 is 15.9 Å². The van der Waals surface area contributed by atoms with Crippen molar-refractivity contribution in [1.82, 2.24) is 0 Å². The van der Waals surface area contributed by atoms with E-state index in [0.29, 0.717) is 24.6 Å². The fourth-order valence-corrected chi connectivity index (χ4v) is 2.79. The maximum atomic E-state index is 13.4. The zero-order valence-electron chi connectivity index (χ0n) is 15.1. The summed E-state index contributed by atoms with van der Waals surface area (Å²) in [7, 11) is 1.82. The Kier molecular flexibility index (Phi) is 8.09. The lowest BCUT2D eigenvalue weighted by Gasteiger charge is -2.23. The van der Waals surface area contributed by atoms with Gasteiger partial charge in [-0.1, -0.05) is 22.0 Å². The second-order valence-electron chi connectivity index (χ2n) is 5.97. The van der Waals surface area contributed by atoms with Gasteiger partial charge in [-0.2, -0.15) is 13.2 Å². The lowest BCUT2D eigenvalue weighted by molar-refractivity contribution is -0.140. The van der Waals surface area contributed by atoms with Crippen LogP contribution in [0.1, 0.15) is 11.1 Å². The van der Waals surface area contributed by atoms with E-state index in [1.165, 1.54) is 6.07 Å².